The summed E-state index contributed by atoms with van der Waals surface area (Å²) in [6, 6.07) is 8.47. The van der Waals surface area contributed by atoms with Gasteiger partial charge in [0.1, 0.15) is 5.02 Å². The second-order valence-electron chi connectivity index (χ2n) is 3.97. The van der Waals surface area contributed by atoms with Crippen LogP contribution >= 0.6 is 11.6 Å². The summed E-state index contributed by atoms with van der Waals surface area (Å²) in [6.45, 7) is 0. The Morgan fingerprint density at radius 1 is 1.10 bits per heavy atom. The van der Waals surface area contributed by atoms with E-state index in [1.807, 2.05) is 0 Å². The minimum Gasteiger partial charge on any atom is -0.258 e. The van der Waals surface area contributed by atoms with Crippen molar-refractivity contribution < 1.29 is 18.1 Å². The minimum absolute atomic E-state index is 0.0724. The molecular weight excluding hydrogens is 295 g/mol. The van der Waals surface area contributed by atoms with Gasteiger partial charge in [-0.2, -0.15) is 13.2 Å². The van der Waals surface area contributed by atoms with E-state index in [-0.39, 0.29) is 21.8 Å². The number of alkyl halides is 3. The zero-order valence-electron chi connectivity index (χ0n) is 9.82. The molecule has 0 atom stereocenters. The topological polar surface area (TPSA) is 43.1 Å². The van der Waals surface area contributed by atoms with Crippen LogP contribution in [0, 0.1) is 10.1 Å². The third kappa shape index (κ3) is 2.75. The van der Waals surface area contributed by atoms with E-state index < -0.39 is 16.7 Å². The van der Waals surface area contributed by atoms with Crippen molar-refractivity contribution >= 4 is 17.3 Å². The van der Waals surface area contributed by atoms with Gasteiger partial charge in [0.05, 0.1) is 10.5 Å². The van der Waals surface area contributed by atoms with Crippen molar-refractivity contribution in [2.75, 3.05) is 0 Å². The molecule has 0 spiro atoms. The van der Waals surface area contributed by atoms with Gasteiger partial charge in [-0.1, -0.05) is 29.8 Å². The molecule has 0 aliphatic rings. The Kier molecular flexibility index (Phi) is 3.67. The summed E-state index contributed by atoms with van der Waals surface area (Å²) in [5.74, 6) is 0. The molecule has 0 bridgehead atoms. The predicted molar refractivity (Wildman–Crippen MR) is 68.5 cm³/mol. The van der Waals surface area contributed by atoms with Gasteiger partial charge in [0.2, 0.25) is 0 Å². The number of hydrogen-bond acceptors (Lipinski definition) is 2. The summed E-state index contributed by atoms with van der Waals surface area (Å²) in [5.41, 5.74) is -1.06. The van der Waals surface area contributed by atoms with Gasteiger partial charge in [0.15, 0.2) is 0 Å². The summed E-state index contributed by atoms with van der Waals surface area (Å²) < 4.78 is 38.7. The number of nitrogens with zero attached hydrogens (tertiary/aromatic N) is 1. The molecule has 0 saturated heterocycles. The summed E-state index contributed by atoms with van der Waals surface area (Å²) in [6.07, 6.45) is -4.51. The first kappa shape index (κ1) is 14.3. The van der Waals surface area contributed by atoms with Crippen LogP contribution in [0.3, 0.4) is 0 Å². The van der Waals surface area contributed by atoms with Gasteiger partial charge in [-0.05, 0) is 29.3 Å². The number of rotatable bonds is 2. The number of nitro benzene ring substituents is 1. The van der Waals surface area contributed by atoms with Crippen molar-refractivity contribution in [1.82, 2.24) is 0 Å². The van der Waals surface area contributed by atoms with Crippen LogP contribution < -0.4 is 0 Å². The molecule has 0 unspecified atom stereocenters. The average molecular weight is 302 g/mol. The molecule has 0 aromatic heterocycles. The summed E-state index contributed by atoms with van der Waals surface area (Å²) in [7, 11) is 0. The standard InChI is InChI=1S/C13H7ClF3NO2/c14-11-7-8(5-6-12(11)18(19)20)9-3-1-2-4-10(9)13(15,16)17/h1-7H. The lowest BCUT2D eigenvalue weighted by atomic mass is 9.99. The highest BCUT2D eigenvalue weighted by atomic mass is 35.5. The van der Waals surface area contributed by atoms with E-state index in [0.29, 0.717) is 0 Å². The zero-order chi connectivity index (χ0) is 14.9. The van der Waals surface area contributed by atoms with Crippen molar-refractivity contribution in [2.45, 2.75) is 6.18 Å². The fourth-order valence-electron chi connectivity index (χ4n) is 1.80. The van der Waals surface area contributed by atoms with E-state index >= 15 is 0 Å². The van der Waals surface area contributed by atoms with Gasteiger partial charge in [-0.25, -0.2) is 0 Å². The van der Waals surface area contributed by atoms with Crippen molar-refractivity contribution in [3.63, 3.8) is 0 Å². The van der Waals surface area contributed by atoms with Crippen molar-refractivity contribution in [3.05, 3.63) is 63.2 Å². The smallest absolute Gasteiger partial charge is 0.258 e. The lowest BCUT2D eigenvalue weighted by Crippen LogP contribution is -2.06. The minimum atomic E-state index is -4.51. The molecule has 0 N–H and O–H groups in total. The van der Waals surface area contributed by atoms with E-state index in [9.17, 15) is 23.3 Å². The third-order valence-corrected chi connectivity index (χ3v) is 2.99. The Morgan fingerprint density at radius 3 is 2.30 bits per heavy atom. The molecule has 7 heteroatoms. The largest absolute Gasteiger partial charge is 0.417 e. The van der Waals surface area contributed by atoms with Crippen molar-refractivity contribution in [1.29, 1.82) is 0 Å². The summed E-state index contributed by atoms with van der Waals surface area (Å²) in [4.78, 5) is 9.94. The molecule has 0 radical (unpaired) electrons. The van der Waals surface area contributed by atoms with Crippen LogP contribution in [0.5, 0.6) is 0 Å². The second kappa shape index (κ2) is 5.13. The molecule has 0 saturated carbocycles. The molecule has 0 amide bonds. The van der Waals surface area contributed by atoms with E-state index in [1.165, 1.54) is 24.3 Å². The molecule has 0 heterocycles. The summed E-state index contributed by atoms with van der Waals surface area (Å²) >= 11 is 5.72. The van der Waals surface area contributed by atoms with Crippen LogP contribution in [0.2, 0.25) is 5.02 Å². The van der Waals surface area contributed by atoms with Gasteiger partial charge in [-0.3, -0.25) is 10.1 Å². The molecular formula is C13H7ClF3NO2. The van der Waals surface area contributed by atoms with Gasteiger partial charge in [0, 0.05) is 6.07 Å². The Hall–Kier alpha value is -2.08. The number of hydrogen-bond donors (Lipinski definition) is 0. The first-order valence-corrected chi connectivity index (χ1v) is 5.79. The van der Waals surface area contributed by atoms with Gasteiger partial charge in [0.25, 0.3) is 5.69 Å². The number of nitro groups is 1. The van der Waals surface area contributed by atoms with Gasteiger partial charge >= 0.3 is 6.18 Å². The monoisotopic (exact) mass is 301 g/mol. The van der Waals surface area contributed by atoms with Gasteiger partial charge in [-0.15, -0.1) is 0 Å². The lowest BCUT2D eigenvalue weighted by molar-refractivity contribution is -0.384. The molecule has 0 fully saturated rings. The van der Waals surface area contributed by atoms with E-state index in [2.05, 4.69) is 0 Å². The third-order valence-electron chi connectivity index (χ3n) is 2.69. The Balaban J connectivity index is 2.59. The number of benzene rings is 2. The van der Waals surface area contributed by atoms with Crippen LogP contribution in [0.4, 0.5) is 18.9 Å². The summed E-state index contributed by atoms with van der Waals surface area (Å²) in [5, 5.41) is 10.4. The van der Waals surface area contributed by atoms with Crippen LogP contribution in [0.1, 0.15) is 5.56 Å². The maximum Gasteiger partial charge on any atom is 0.417 e. The Morgan fingerprint density at radius 2 is 1.75 bits per heavy atom. The first-order valence-electron chi connectivity index (χ1n) is 5.41. The molecule has 2 aromatic rings. The van der Waals surface area contributed by atoms with Crippen molar-refractivity contribution in [2.24, 2.45) is 0 Å². The van der Waals surface area contributed by atoms with Crippen LogP contribution in [-0.2, 0) is 6.18 Å². The SMILES string of the molecule is O=[N+]([O-])c1ccc(-c2ccccc2C(F)(F)F)cc1Cl. The number of halogens is 4. The van der Waals surface area contributed by atoms with Crippen LogP contribution in [0.15, 0.2) is 42.5 Å². The first-order chi connectivity index (χ1) is 9.30. The Labute approximate surface area is 116 Å². The second-order valence-corrected chi connectivity index (χ2v) is 4.37. The maximum absolute atomic E-state index is 12.9. The fourth-order valence-corrected chi connectivity index (χ4v) is 2.05. The highest BCUT2D eigenvalue weighted by molar-refractivity contribution is 6.32. The highest BCUT2D eigenvalue weighted by Crippen LogP contribution is 2.38. The normalized spacial score (nSPS) is 11.4. The van der Waals surface area contributed by atoms with E-state index in [0.717, 1.165) is 18.2 Å². The molecule has 2 rings (SSSR count). The average Bonchev–Trinajstić information content (AvgIpc) is 2.37. The molecule has 20 heavy (non-hydrogen) atoms. The van der Waals surface area contributed by atoms with E-state index in [4.69, 9.17) is 11.6 Å². The molecule has 104 valence electrons. The zero-order valence-corrected chi connectivity index (χ0v) is 10.6. The lowest BCUT2D eigenvalue weighted by Gasteiger charge is -2.12. The van der Waals surface area contributed by atoms with Crippen molar-refractivity contribution in [3.8, 4) is 11.1 Å². The van der Waals surface area contributed by atoms with E-state index in [1.54, 1.807) is 0 Å². The molecule has 3 nitrogen and oxygen atoms in total. The quantitative estimate of drug-likeness (QED) is 0.583. The Bertz CT molecular complexity index is 671. The van der Waals surface area contributed by atoms with Gasteiger partial charge < -0.3 is 0 Å². The highest BCUT2D eigenvalue weighted by Gasteiger charge is 2.33. The van der Waals surface area contributed by atoms with Crippen LogP contribution in [-0.4, -0.2) is 4.92 Å². The fraction of sp³-hybridized carbons (Fsp3) is 0.0769. The predicted octanol–water partition coefficient (Wildman–Crippen LogP) is 4.93. The molecule has 0 aliphatic heterocycles. The maximum atomic E-state index is 12.9. The molecule has 2 aromatic carbocycles. The molecule has 0 aliphatic carbocycles. The van der Waals surface area contributed by atoms with Crippen LogP contribution in [0.25, 0.3) is 11.1 Å².